The second kappa shape index (κ2) is 5.44. The highest BCUT2D eigenvalue weighted by molar-refractivity contribution is 5.96. The van der Waals surface area contributed by atoms with Gasteiger partial charge in [0.05, 0.1) is 38.0 Å². The third-order valence-electron chi connectivity index (χ3n) is 2.25. The molecule has 2 N–H and O–H groups in total. The summed E-state index contributed by atoms with van der Waals surface area (Å²) in [4.78, 5) is 14.7. The number of hydrogen-bond acceptors (Lipinski definition) is 5. The lowest BCUT2D eigenvalue weighted by molar-refractivity contribution is -0.137. The zero-order valence-corrected chi connectivity index (χ0v) is 9.30. The molecule has 7 heteroatoms. The Morgan fingerprint density at radius 1 is 1.65 bits per heavy atom. The van der Waals surface area contributed by atoms with Gasteiger partial charge in [-0.3, -0.25) is 14.5 Å². The summed E-state index contributed by atoms with van der Waals surface area (Å²) in [5.74, 6) is -0.0610. The van der Waals surface area contributed by atoms with E-state index >= 15 is 0 Å². The lowest BCUT2D eigenvalue weighted by Crippen LogP contribution is -2.24. The van der Waals surface area contributed by atoms with E-state index in [9.17, 15) is 4.79 Å². The standard InChI is InChI=1S/C10H14N4O3/c15-10(16)1-3-14-6-8(5-12-14)13-9-7-17-4-2-11-9/h5-6H,1-4,7H2,(H,11,13)(H,15,16). The number of carboxylic acid groups (broad SMARTS) is 1. The molecule has 0 unspecified atom stereocenters. The molecule has 0 radical (unpaired) electrons. The SMILES string of the molecule is O=C(O)CCn1cc(NC2=NCCOC2)cn1. The number of aryl methyl sites for hydroxylation is 1. The lowest BCUT2D eigenvalue weighted by Gasteiger charge is -2.13. The van der Waals surface area contributed by atoms with Crippen molar-refractivity contribution in [1.29, 1.82) is 0 Å². The predicted molar refractivity (Wildman–Crippen MR) is 61.2 cm³/mol. The van der Waals surface area contributed by atoms with E-state index in [-0.39, 0.29) is 6.42 Å². The lowest BCUT2D eigenvalue weighted by atomic mass is 10.4. The summed E-state index contributed by atoms with van der Waals surface area (Å²) in [6, 6.07) is 0. The molecule has 92 valence electrons. The van der Waals surface area contributed by atoms with Crippen LogP contribution in [0.5, 0.6) is 0 Å². The fourth-order valence-electron chi connectivity index (χ4n) is 1.46. The minimum Gasteiger partial charge on any atom is -0.481 e. The number of aliphatic carboxylic acids is 1. The number of aromatic nitrogens is 2. The zero-order valence-electron chi connectivity index (χ0n) is 9.30. The number of rotatable bonds is 4. The molecular formula is C10H14N4O3. The molecule has 0 saturated carbocycles. The summed E-state index contributed by atoms with van der Waals surface area (Å²) in [5.41, 5.74) is 0.791. The van der Waals surface area contributed by atoms with Crippen molar-refractivity contribution in [2.45, 2.75) is 13.0 Å². The van der Waals surface area contributed by atoms with Gasteiger partial charge in [-0.05, 0) is 0 Å². The zero-order chi connectivity index (χ0) is 12.1. The minimum absolute atomic E-state index is 0.0607. The number of ether oxygens (including phenoxy) is 1. The van der Waals surface area contributed by atoms with Gasteiger partial charge in [-0.25, -0.2) is 0 Å². The Morgan fingerprint density at radius 3 is 3.24 bits per heavy atom. The van der Waals surface area contributed by atoms with E-state index in [4.69, 9.17) is 9.84 Å². The van der Waals surface area contributed by atoms with E-state index in [1.807, 2.05) is 0 Å². The molecule has 1 aromatic heterocycles. The van der Waals surface area contributed by atoms with Gasteiger partial charge in [0.2, 0.25) is 0 Å². The highest BCUT2D eigenvalue weighted by Crippen LogP contribution is 2.06. The maximum absolute atomic E-state index is 10.4. The van der Waals surface area contributed by atoms with Crippen LogP contribution in [0, 0.1) is 0 Å². The van der Waals surface area contributed by atoms with Gasteiger partial charge in [0, 0.05) is 6.20 Å². The van der Waals surface area contributed by atoms with Crippen LogP contribution in [0.15, 0.2) is 17.4 Å². The largest absolute Gasteiger partial charge is 0.481 e. The Bertz CT molecular complexity index is 427. The van der Waals surface area contributed by atoms with Crippen molar-refractivity contribution in [3.63, 3.8) is 0 Å². The van der Waals surface area contributed by atoms with Crippen molar-refractivity contribution >= 4 is 17.5 Å². The van der Waals surface area contributed by atoms with E-state index in [0.717, 1.165) is 11.5 Å². The van der Waals surface area contributed by atoms with Gasteiger partial charge < -0.3 is 15.2 Å². The van der Waals surface area contributed by atoms with Gasteiger partial charge in [-0.1, -0.05) is 0 Å². The first-order chi connectivity index (χ1) is 8.24. The van der Waals surface area contributed by atoms with Gasteiger partial charge in [0.25, 0.3) is 0 Å². The van der Waals surface area contributed by atoms with Crippen LogP contribution in [0.3, 0.4) is 0 Å². The maximum Gasteiger partial charge on any atom is 0.305 e. The molecule has 2 heterocycles. The molecule has 2 rings (SSSR count). The molecule has 7 nitrogen and oxygen atoms in total. The molecule has 1 aromatic rings. The summed E-state index contributed by atoms with van der Waals surface area (Å²) < 4.78 is 6.83. The fourth-order valence-corrected chi connectivity index (χ4v) is 1.46. The smallest absolute Gasteiger partial charge is 0.305 e. The van der Waals surface area contributed by atoms with Crippen LogP contribution in [0.1, 0.15) is 6.42 Å². The van der Waals surface area contributed by atoms with Gasteiger partial charge in [-0.2, -0.15) is 5.10 Å². The third kappa shape index (κ3) is 3.56. The fraction of sp³-hybridized carbons (Fsp3) is 0.500. The van der Waals surface area contributed by atoms with Crippen molar-refractivity contribution in [3.05, 3.63) is 12.4 Å². The van der Waals surface area contributed by atoms with E-state index in [1.54, 1.807) is 17.1 Å². The molecule has 0 aliphatic carbocycles. The number of carbonyl (C=O) groups is 1. The van der Waals surface area contributed by atoms with Crippen LogP contribution in [-0.2, 0) is 16.1 Å². The summed E-state index contributed by atoms with van der Waals surface area (Å²) in [6.45, 7) is 2.15. The number of aliphatic imine (C=N–C) groups is 1. The van der Waals surface area contributed by atoms with Gasteiger partial charge in [0.15, 0.2) is 0 Å². The van der Waals surface area contributed by atoms with Gasteiger partial charge in [0.1, 0.15) is 12.4 Å². The normalized spacial score (nSPS) is 15.4. The number of amidine groups is 1. The molecule has 0 aromatic carbocycles. The van der Waals surface area contributed by atoms with E-state index in [0.29, 0.717) is 26.3 Å². The topological polar surface area (TPSA) is 88.7 Å². The third-order valence-corrected chi connectivity index (χ3v) is 2.25. The van der Waals surface area contributed by atoms with Crippen molar-refractivity contribution < 1.29 is 14.6 Å². The Hall–Kier alpha value is -1.89. The molecule has 0 atom stereocenters. The second-order valence-corrected chi connectivity index (χ2v) is 3.64. The molecule has 0 bridgehead atoms. The van der Waals surface area contributed by atoms with Crippen LogP contribution < -0.4 is 5.32 Å². The van der Waals surface area contributed by atoms with E-state index in [2.05, 4.69) is 15.4 Å². The second-order valence-electron chi connectivity index (χ2n) is 3.64. The van der Waals surface area contributed by atoms with Crippen LogP contribution in [0.2, 0.25) is 0 Å². The van der Waals surface area contributed by atoms with Gasteiger partial charge in [-0.15, -0.1) is 0 Å². The molecule has 0 amide bonds. The molecular weight excluding hydrogens is 224 g/mol. The first-order valence-corrected chi connectivity index (χ1v) is 5.36. The molecule has 0 saturated heterocycles. The Labute approximate surface area is 98.1 Å². The van der Waals surface area contributed by atoms with Crippen molar-refractivity contribution in [1.82, 2.24) is 9.78 Å². The van der Waals surface area contributed by atoms with Crippen LogP contribution in [0.25, 0.3) is 0 Å². The summed E-state index contributed by atoms with van der Waals surface area (Å²) in [6.07, 6.45) is 3.45. The van der Waals surface area contributed by atoms with Gasteiger partial charge >= 0.3 is 5.97 Å². The highest BCUT2D eigenvalue weighted by atomic mass is 16.5. The quantitative estimate of drug-likeness (QED) is 0.782. The predicted octanol–water partition coefficient (Wildman–Crippen LogP) is 0.198. The number of carboxylic acids is 1. The Morgan fingerprint density at radius 2 is 2.53 bits per heavy atom. The summed E-state index contributed by atoms with van der Waals surface area (Å²) in [7, 11) is 0. The molecule has 1 aliphatic heterocycles. The minimum atomic E-state index is -0.833. The summed E-state index contributed by atoms with van der Waals surface area (Å²) >= 11 is 0. The van der Waals surface area contributed by atoms with Crippen molar-refractivity contribution in [3.8, 4) is 0 Å². The number of nitrogens with one attached hydrogen (secondary N) is 1. The Balaban J connectivity index is 1.89. The average Bonchev–Trinajstić information content (AvgIpc) is 2.75. The average molecular weight is 238 g/mol. The number of nitrogens with zero attached hydrogens (tertiary/aromatic N) is 3. The van der Waals surface area contributed by atoms with Crippen LogP contribution >= 0.6 is 0 Å². The summed E-state index contributed by atoms with van der Waals surface area (Å²) in [5, 5.41) is 15.7. The van der Waals surface area contributed by atoms with E-state index in [1.165, 1.54) is 0 Å². The van der Waals surface area contributed by atoms with Crippen molar-refractivity contribution in [2.75, 3.05) is 25.1 Å². The van der Waals surface area contributed by atoms with Crippen LogP contribution in [-0.4, -0.2) is 46.5 Å². The maximum atomic E-state index is 10.4. The van der Waals surface area contributed by atoms with Crippen LogP contribution in [0.4, 0.5) is 5.69 Å². The molecule has 0 fully saturated rings. The molecule has 0 spiro atoms. The number of anilines is 1. The monoisotopic (exact) mass is 238 g/mol. The molecule has 17 heavy (non-hydrogen) atoms. The first kappa shape index (κ1) is 11.6. The Kier molecular flexibility index (Phi) is 3.71. The molecule has 1 aliphatic rings. The highest BCUT2D eigenvalue weighted by Gasteiger charge is 2.07. The van der Waals surface area contributed by atoms with E-state index < -0.39 is 5.97 Å². The first-order valence-electron chi connectivity index (χ1n) is 5.36. The van der Waals surface area contributed by atoms with Crippen molar-refractivity contribution in [2.24, 2.45) is 4.99 Å². The number of hydrogen-bond donors (Lipinski definition) is 2.